The Morgan fingerprint density at radius 1 is 1.16 bits per heavy atom. The molecule has 188 valence electrons. The number of allylic oxidation sites excluding steroid dienone is 2. The number of nitrogens with one attached hydrogen (secondary N) is 2. The smallest absolute Gasteiger partial charge is 0.159 e. The van der Waals surface area contributed by atoms with Crippen molar-refractivity contribution in [3.05, 3.63) is 102 Å². The summed E-state index contributed by atoms with van der Waals surface area (Å²) >= 11 is 0. The normalized spacial score (nSPS) is 17.2. The number of H-pyrrole nitrogens is 1. The maximum atomic E-state index is 16.4. The largest absolute Gasteiger partial charge is 0.345 e. The van der Waals surface area contributed by atoms with Crippen LogP contribution in [0.1, 0.15) is 28.3 Å². The number of pyridine rings is 3. The zero-order valence-corrected chi connectivity index (χ0v) is 20.9. The zero-order chi connectivity index (χ0) is 25.8. The molecule has 3 aliphatic heterocycles. The van der Waals surface area contributed by atoms with E-state index in [0.717, 1.165) is 22.5 Å². The van der Waals surface area contributed by atoms with Gasteiger partial charge in [0.25, 0.3) is 0 Å². The maximum absolute atomic E-state index is 16.4. The molecule has 1 fully saturated rings. The Morgan fingerprint density at radius 2 is 2.08 bits per heavy atom. The molecule has 0 spiro atoms. The molecule has 0 radical (unpaired) electrons. The van der Waals surface area contributed by atoms with Crippen molar-refractivity contribution in [2.45, 2.75) is 12.7 Å². The molecule has 0 saturated carbocycles. The SMILES string of the molecule is CN(C)Cc1cncc(-c2cnc3c(c2F)C(c2nc4c([nH]2)C(c2ccccn2)=CC=CN4)=NC2CN32)c1. The van der Waals surface area contributed by atoms with Gasteiger partial charge in [-0.05, 0) is 50.0 Å². The third-order valence-corrected chi connectivity index (χ3v) is 6.69. The van der Waals surface area contributed by atoms with Crippen molar-refractivity contribution >= 4 is 22.9 Å². The van der Waals surface area contributed by atoms with Crippen LogP contribution in [0.2, 0.25) is 0 Å². The lowest BCUT2D eigenvalue weighted by molar-refractivity contribution is 0.402. The van der Waals surface area contributed by atoms with Crippen LogP contribution in [-0.2, 0) is 6.54 Å². The van der Waals surface area contributed by atoms with Crippen LogP contribution in [0.5, 0.6) is 0 Å². The molecule has 4 aromatic rings. The second kappa shape index (κ2) is 8.70. The number of hydrogen-bond donors (Lipinski definition) is 2. The average Bonchev–Trinajstić information content (AvgIpc) is 3.64. The number of anilines is 2. The van der Waals surface area contributed by atoms with Crippen LogP contribution in [0.15, 0.2) is 72.4 Å². The number of aromatic amines is 1. The van der Waals surface area contributed by atoms with Gasteiger partial charge in [-0.25, -0.2) is 14.4 Å². The van der Waals surface area contributed by atoms with Gasteiger partial charge in [0, 0.05) is 54.2 Å². The number of halogens is 1. The van der Waals surface area contributed by atoms with Gasteiger partial charge < -0.3 is 20.1 Å². The summed E-state index contributed by atoms with van der Waals surface area (Å²) in [6.45, 7) is 1.40. The monoisotopic (exact) mass is 505 g/mol. The summed E-state index contributed by atoms with van der Waals surface area (Å²) < 4.78 is 16.4. The highest BCUT2D eigenvalue weighted by atomic mass is 19.1. The summed E-state index contributed by atoms with van der Waals surface area (Å²) in [6, 6.07) is 7.71. The molecule has 10 heteroatoms. The summed E-state index contributed by atoms with van der Waals surface area (Å²) in [5.74, 6) is 1.30. The third-order valence-electron chi connectivity index (χ3n) is 6.69. The Labute approximate surface area is 218 Å². The standard InChI is InChI=1S/C28H24FN9/c1-37(2)14-16-10-17(12-30-11-16)19-13-33-28-22(23(19)29)25(34-21-15-38(21)28)27-35-24-18(20-7-3-4-8-31-20)6-5-9-32-26(24)36-27/h3-13,21,32H,14-15H2,1-2H3,(H,35,36). The molecular formula is C28H24FN9. The van der Waals surface area contributed by atoms with E-state index in [2.05, 4.69) is 25.3 Å². The quantitative estimate of drug-likeness (QED) is 0.398. The first-order chi connectivity index (χ1) is 18.6. The van der Waals surface area contributed by atoms with Crippen LogP contribution in [-0.4, -0.2) is 62.3 Å². The van der Waals surface area contributed by atoms with Crippen molar-refractivity contribution in [3.63, 3.8) is 0 Å². The molecule has 4 aromatic heterocycles. The maximum Gasteiger partial charge on any atom is 0.159 e. The lowest BCUT2D eigenvalue weighted by Gasteiger charge is -2.19. The first-order valence-corrected chi connectivity index (χ1v) is 12.3. The predicted molar refractivity (Wildman–Crippen MR) is 144 cm³/mol. The van der Waals surface area contributed by atoms with E-state index in [1.165, 1.54) is 0 Å². The summed E-state index contributed by atoms with van der Waals surface area (Å²) in [6.07, 6.45) is 12.4. The predicted octanol–water partition coefficient (Wildman–Crippen LogP) is 3.83. The van der Waals surface area contributed by atoms with Gasteiger partial charge in [-0.15, -0.1) is 0 Å². The molecular weight excluding hydrogens is 481 g/mol. The van der Waals surface area contributed by atoms with Crippen molar-refractivity contribution in [1.29, 1.82) is 0 Å². The number of rotatable bonds is 5. The molecule has 7 heterocycles. The van der Waals surface area contributed by atoms with Gasteiger partial charge in [0.1, 0.15) is 23.5 Å². The minimum atomic E-state index is -0.386. The molecule has 1 atom stereocenters. The Kier molecular flexibility index (Phi) is 5.15. The summed E-state index contributed by atoms with van der Waals surface area (Å²) in [5.41, 5.74) is 5.29. The highest BCUT2D eigenvalue weighted by Gasteiger charge is 2.44. The fourth-order valence-corrected chi connectivity index (χ4v) is 4.93. The van der Waals surface area contributed by atoms with Gasteiger partial charge in [-0.2, -0.15) is 0 Å². The van der Waals surface area contributed by atoms with Crippen molar-refractivity contribution in [2.24, 2.45) is 4.99 Å². The van der Waals surface area contributed by atoms with E-state index < -0.39 is 0 Å². The minimum absolute atomic E-state index is 0.0658. The number of nitrogens with zero attached hydrogens (tertiary/aromatic N) is 7. The third kappa shape index (κ3) is 3.77. The van der Waals surface area contributed by atoms with Crippen molar-refractivity contribution < 1.29 is 4.39 Å². The molecule has 2 N–H and O–H groups in total. The highest BCUT2D eigenvalue weighted by molar-refractivity contribution is 6.16. The number of fused-ring (bicyclic) bond motifs is 4. The van der Waals surface area contributed by atoms with Gasteiger partial charge in [0.15, 0.2) is 11.6 Å². The summed E-state index contributed by atoms with van der Waals surface area (Å²) in [5, 5.41) is 3.21. The Balaban J connectivity index is 1.34. The topological polar surface area (TPSA) is 98.0 Å². The molecule has 38 heavy (non-hydrogen) atoms. The Bertz CT molecular complexity index is 1650. The number of hydrogen-bond acceptors (Lipinski definition) is 8. The van der Waals surface area contributed by atoms with Crippen LogP contribution in [0.3, 0.4) is 0 Å². The van der Waals surface area contributed by atoms with Gasteiger partial charge in [0.2, 0.25) is 0 Å². The first-order valence-electron chi connectivity index (χ1n) is 12.3. The number of aliphatic imine (C=N–C) groups is 1. The number of aromatic nitrogens is 5. The zero-order valence-electron chi connectivity index (χ0n) is 20.9. The molecule has 1 unspecified atom stereocenters. The first kappa shape index (κ1) is 22.5. The molecule has 0 bridgehead atoms. The number of imidazole rings is 1. The molecule has 0 amide bonds. The highest BCUT2D eigenvalue weighted by Crippen LogP contribution is 2.41. The molecule has 7 rings (SSSR count). The lowest BCUT2D eigenvalue weighted by atomic mass is 10.0. The second-order valence-electron chi connectivity index (χ2n) is 9.72. The van der Waals surface area contributed by atoms with Gasteiger partial charge >= 0.3 is 0 Å². The van der Waals surface area contributed by atoms with Gasteiger partial charge in [0.05, 0.1) is 23.5 Å². The van der Waals surface area contributed by atoms with Crippen molar-refractivity contribution in [1.82, 2.24) is 29.8 Å². The van der Waals surface area contributed by atoms with E-state index in [0.29, 0.717) is 53.0 Å². The summed E-state index contributed by atoms with van der Waals surface area (Å²) in [4.78, 5) is 30.6. The van der Waals surface area contributed by atoms with E-state index in [9.17, 15) is 0 Å². The van der Waals surface area contributed by atoms with Crippen LogP contribution < -0.4 is 10.2 Å². The van der Waals surface area contributed by atoms with Crippen LogP contribution in [0.4, 0.5) is 16.0 Å². The van der Waals surface area contributed by atoms with E-state index in [4.69, 9.17) is 9.98 Å². The van der Waals surface area contributed by atoms with Crippen LogP contribution in [0.25, 0.3) is 16.7 Å². The molecule has 0 aromatic carbocycles. The molecule has 3 aliphatic rings. The fraction of sp³-hybridized carbons (Fsp3) is 0.179. The van der Waals surface area contributed by atoms with E-state index in [-0.39, 0.29) is 12.0 Å². The van der Waals surface area contributed by atoms with Crippen LogP contribution >= 0.6 is 0 Å². The van der Waals surface area contributed by atoms with E-state index in [1.54, 1.807) is 24.8 Å². The van der Waals surface area contributed by atoms with E-state index >= 15 is 4.39 Å². The van der Waals surface area contributed by atoms with Crippen LogP contribution in [0, 0.1) is 5.82 Å². The van der Waals surface area contributed by atoms with Crippen molar-refractivity contribution in [3.8, 4) is 11.1 Å². The second-order valence-corrected chi connectivity index (χ2v) is 9.72. The fourth-order valence-electron chi connectivity index (χ4n) is 4.93. The van der Waals surface area contributed by atoms with Gasteiger partial charge in [-0.3, -0.25) is 15.0 Å². The Morgan fingerprint density at radius 3 is 2.92 bits per heavy atom. The molecule has 1 saturated heterocycles. The van der Waals surface area contributed by atoms with Gasteiger partial charge in [-0.1, -0.05) is 6.07 Å². The van der Waals surface area contributed by atoms with Crippen molar-refractivity contribution in [2.75, 3.05) is 30.9 Å². The van der Waals surface area contributed by atoms with E-state index in [1.807, 2.05) is 66.5 Å². The Hall–Kier alpha value is -4.70. The average molecular weight is 506 g/mol. The minimum Gasteiger partial charge on any atom is -0.345 e. The lowest BCUT2D eigenvalue weighted by Crippen LogP contribution is -2.20. The molecule has 9 nitrogen and oxygen atoms in total. The molecule has 0 aliphatic carbocycles. The summed E-state index contributed by atoms with van der Waals surface area (Å²) in [7, 11) is 3.97.